The van der Waals surface area contributed by atoms with Gasteiger partial charge in [-0.05, 0) is 57.7 Å². The van der Waals surface area contributed by atoms with Gasteiger partial charge in [-0.3, -0.25) is 9.59 Å². The Labute approximate surface area is 223 Å². The van der Waals surface area contributed by atoms with Gasteiger partial charge in [0.2, 0.25) is 11.8 Å². The highest BCUT2D eigenvalue weighted by atomic mass is 16.6. The maximum absolute atomic E-state index is 13.1. The predicted octanol–water partition coefficient (Wildman–Crippen LogP) is 1.04. The number of hydrogen-bond acceptors (Lipinski definition) is 8. The first-order valence-electron chi connectivity index (χ1n) is 12.4. The Bertz CT molecular complexity index is 976. The normalized spacial score (nSPS) is 13.4. The van der Waals surface area contributed by atoms with E-state index in [0.717, 1.165) is 0 Å². The van der Waals surface area contributed by atoms with Crippen LogP contribution < -0.4 is 21.7 Å². The molecule has 0 saturated carbocycles. The van der Waals surface area contributed by atoms with Crippen LogP contribution in [0.3, 0.4) is 0 Å². The summed E-state index contributed by atoms with van der Waals surface area (Å²) < 4.78 is 10.1. The number of esters is 1. The Kier molecular flexibility index (Phi) is 13.2. The third-order valence-electron chi connectivity index (χ3n) is 5.30. The number of alkyl carbamates (subject to hydrolysis) is 1. The molecular formula is C26H40N4O8. The number of rotatable bonds is 14. The molecule has 1 rings (SSSR count). The number of carboxylic acids is 1. The number of methoxy groups -OCH3 is 1. The van der Waals surface area contributed by atoms with E-state index in [2.05, 4.69) is 16.0 Å². The molecule has 0 aromatic heterocycles. The summed E-state index contributed by atoms with van der Waals surface area (Å²) in [6, 6.07) is 3.63. The summed E-state index contributed by atoms with van der Waals surface area (Å²) in [7, 11) is 1.19. The molecule has 3 amide bonds. The molecule has 3 atom stereocenters. The second kappa shape index (κ2) is 15.6. The molecule has 0 heterocycles. The maximum atomic E-state index is 13.1. The van der Waals surface area contributed by atoms with Crippen molar-refractivity contribution in [2.24, 2.45) is 5.73 Å². The first-order valence-corrected chi connectivity index (χ1v) is 12.4. The van der Waals surface area contributed by atoms with Crippen LogP contribution in [0.2, 0.25) is 0 Å². The van der Waals surface area contributed by atoms with Crippen LogP contribution in [-0.2, 0) is 41.5 Å². The van der Waals surface area contributed by atoms with Crippen molar-refractivity contribution in [2.45, 2.75) is 83.5 Å². The van der Waals surface area contributed by atoms with Crippen molar-refractivity contribution in [3.8, 4) is 0 Å². The standard InChI is InChI=1S/C26H40N4O8/c1-16(31)28-20(23(33)34)14-17-9-8-10-18(13-17)15-21(24(35)37-5)29-22(32)19(11-6-7-12-27)30-25(36)38-26(2,3)4/h8-10,13,19-21H,6-7,11-12,14-15,27H2,1-5H3,(H,28,31)(H,29,32)(H,30,36)(H,33,34)/t19-,20-,21-/m0/s1. The van der Waals surface area contributed by atoms with Crippen molar-refractivity contribution in [3.05, 3.63) is 35.4 Å². The van der Waals surface area contributed by atoms with Crippen LogP contribution in [-0.4, -0.2) is 72.3 Å². The van der Waals surface area contributed by atoms with Crippen LogP contribution in [0.1, 0.15) is 58.1 Å². The van der Waals surface area contributed by atoms with E-state index in [1.54, 1.807) is 45.0 Å². The van der Waals surface area contributed by atoms with Crippen LogP contribution in [0, 0.1) is 0 Å². The summed E-state index contributed by atoms with van der Waals surface area (Å²) in [6.45, 7) is 6.76. The number of ether oxygens (including phenoxy) is 2. The van der Waals surface area contributed by atoms with Gasteiger partial charge >= 0.3 is 18.0 Å². The lowest BCUT2D eigenvalue weighted by Crippen LogP contribution is -2.53. The summed E-state index contributed by atoms with van der Waals surface area (Å²) in [4.78, 5) is 60.8. The van der Waals surface area contributed by atoms with Crippen LogP contribution in [0.4, 0.5) is 4.79 Å². The summed E-state index contributed by atoms with van der Waals surface area (Å²) >= 11 is 0. The fourth-order valence-electron chi connectivity index (χ4n) is 3.62. The zero-order valence-electron chi connectivity index (χ0n) is 22.7. The van der Waals surface area contributed by atoms with Gasteiger partial charge in [0.05, 0.1) is 7.11 Å². The second-order valence-electron chi connectivity index (χ2n) is 9.89. The smallest absolute Gasteiger partial charge is 0.408 e. The number of carbonyl (C=O) groups excluding carboxylic acids is 4. The van der Waals surface area contributed by atoms with Crippen LogP contribution >= 0.6 is 0 Å². The highest BCUT2D eigenvalue weighted by Gasteiger charge is 2.29. The maximum Gasteiger partial charge on any atom is 0.408 e. The van der Waals surface area contributed by atoms with Gasteiger partial charge in [0, 0.05) is 19.8 Å². The lowest BCUT2D eigenvalue weighted by molar-refractivity contribution is -0.145. The predicted molar refractivity (Wildman–Crippen MR) is 139 cm³/mol. The van der Waals surface area contributed by atoms with E-state index in [0.29, 0.717) is 30.5 Å². The molecule has 12 heteroatoms. The lowest BCUT2D eigenvalue weighted by atomic mass is 9.99. The number of nitrogens with two attached hydrogens (primary N) is 1. The van der Waals surface area contributed by atoms with E-state index in [-0.39, 0.29) is 19.3 Å². The third kappa shape index (κ3) is 12.5. The van der Waals surface area contributed by atoms with Crippen LogP contribution in [0.25, 0.3) is 0 Å². The van der Waals surface area contributed by atoms with E-state index in [4.69, 9.17) is 15.2 Å². The molecule has 0 aliphatic rings. The fourth-order valence-corrected chi connectivity index (χ4v) is 3.62. The quantitative estimate of drug-likeness (QED) is 0.171. The molecule has 6 N–H and O–H groups in total. The molecule has 0 radical (unpaired) electrons. The minimum Gasteiger partial charge on any atom is -0.480 e. The van der Waals surface area contributed by atoms with Gasteiger partial charge in [0.1, 0.15) is 23.7 Å². The zero-order chi connectivity index (χ0) is 28.9. The van der Waals surface area contributed by atoms with Crippen molar-refractivity contribution < 1.29 is 38.6 Å². The number of nitrogens with one attached hydrogen (secondary N) is 3. The highest BCUT2D eigenvalue weighted by Crippen LogP contribution is 2.13. The summed E-state index contributed by atoms with van der Waals surface area (Å²) in [5.74, 6) is -2.93. The Morgan fingerprint density at radius 3 is 2.05 bits per heavy atom. The molecule has 38 heavy (non-hydrogen) atoms. The summed E-state index contributed by atoms with van der Waals surface area (Å²) in [5.41, 5.74) is 6.04. The van der Waals surface area contributed by atoms with Gasteiger partial charge in [-0.15, -0.1) is 0 Å². The molecular weight excluding hydrogens is 496 g/mol. The van der Waals surface area contributed by atoms with Crippen LogP contribution in [0.15, 0.2) is 24.3 Å². The van der Waals surface area contributed by atoms with E-state index in [1.165, 1.54) is 14.0 Å². The van der Waals surface area contributed by atoms with Gasteiger partial charge in [-0.25, -0.2) is 14.4 Å². The lowest BCUT2D eigenvalue weighted by Gasteiger charge is -2.25. The Morgan fingerprint density at radius 1 is 0.947 bits per heavy atom. The van der Waals surface area contributed by atoms with E-state index >= 15 is 0 Å². The molecule has 12 nitrogen and oxygen atoms in total. The number of carboxylic acid groups (broad SMARTS) is 1. The van der Waals surface area contributed by atoms with Gasteiger partial charge in [-0.1, -0.05) is 24.3 Å². The minimum atomic E-state index is -1.18. The number of hydrogen-bond donors (Lipinski definition) is 5. The van der Waals surface area contributed by atoms with Gasteiger partial charge < -0.3 is 36.3 Å². The van der Waals surface area contributed by atoms with Crippen molar-refractivity contribution in [1.82, 2.24) is 16.0 Å². The van der Waals surface area contributed by atoms with E-state index < -0.39 is 53.6 Å². The highest BCUT2D eigenvalue weighted by molar-refractivity contribution is 5.89. The average molecular weight is 537 g/mol. The van der Waals surface area contributed by atoms with Crippen molar-refractivity contribution in [2.75, 3.05) is 13.7 Å². The van der Waals surface area contributed by atoms with Gasteiger partial charge in [0.15, 0.2) is 0 Å². The first-order chi connectivity index (χ1) is 17.7. The number of unbranched alkanes of at least 4 members (excludes halogenated alkanes) is 1. The molecule has 0 saturated heterocycles. The third-order valence-corrected chi connectivity index (χ3v) is 5.30. The Morgan fingerprint density at radius 2 is 1.55 bits per heavy atom. The fraction of sp³-hybridized carbons (Fsp3) is 0.577. The van der Waals surface area contributed by atoms with E-state index in [1.807, 2.05) is 0 Å². The molecule has 1 aromatic rings. The molecule has 0 spiro atoms. The van der Waals surface area contributed by atoms with Crippen LogP contribution in [0.5, 0.6) is 0 Å². The molecule has 212 valence electrons. The minimum absolute atomic E-state index is 0.0288. The zero-order valence-corrected chi connectivity index (χ0v) is 22.7. The Hall–Kier alpha value is -3.67. The first kappa shape index (κ1) is 32.4. The molecule has 0 fully saturated rings. The number of carbonyl (C=O) groups is 5. The molecule has 1 aromatic carbocycles. The Balaban J connectivity index is 3.05. The number of aliphatic carboxylic acids is 1. The topological polar surface area (TPSA) is 186 Å². The monoisotopic (exact) mass is 536 g/mol. The van der Waals surface area contributed by atoms with Crippen molar-refractivity contribution >= 4 is 29.8 Å². The molecule has 0 bridgehead atoms. The average Bonchev–Trinajstić information content (AvgIpc) is 2.80. The van der Waals surface area contributed by atoms with Gasteiger partial charge in [-0.2, -0.15) is 0 Å². The SMILES string of the molecule is COC(=O)[C@H](Cc1cccc(C[C@H](NC(C)=O)C(=O)O)c1)NC(=O)[C@H](CCCCN)NC(=O)OC(C)(C)C. The second-order valence-corrected chi connectivity index (χ2v) is 9.89. The molecule has 0 unspecified atom stereocenters. The number of amides is 3. The van der Waals surface area contributed by atoms with E-state index in [9.17, 15) is 29.1 Å². The molecule has 0 aliphatic carbocycles. The molecule has 0 aliphatic heterocycles. The number of benzene rings is 1. The summed E-state index contributed by atoms with van der Waals surface area (Å²) in [6.07, 6.45) is 0.801. The largest absolute Gasteiger partial charge is 0.480 e. The van der Waals surface area contributed by atoms with Gasteiger partial charge in [0.25, 0.3) is 0 Å². The van der Waals surface area contributed by atoms with Crippen molar-refractivity contribution in [1.29, 1.82) is 0 Å². The van der Waals surface area contributed by atoms with Crippen molar-refractivity contribution in [3.63, 3.8) is 0 Å². The summed E-state index contributed by atoms with van der Waals surface area (Å²) in [5, 5.41) is 17.0.